The van der Waals surface area contributed by atoms with Crippen molar-refractivity contribution in [2.75, 3.05) is 7.11 Å². The second-order valence-electron chi connectivity index (χ2n) is 6.03. The van der Waals surface area contributed by atoms with E-state index < -0.39 is 17.6 Å². The molecule has 0 saturated carbocycles. The second-order valence-corrected chi connectivity index (χ2v) is 6.94. The van der Waals surface area contributed by atoms with E-state index in [2.05, 4.69) is 26.0 Å². The summed E-state index contributed by atoms with van der Waals surface area (Å²) in [5.74, 6) is 5.51. The van der Waals surface area contributed by atoms with Crippen LogP contribution in [-0.2, 0) is 16.1 Å². The summed E-state index contributed by atoms with van der Waals surface area (Å²) in [6, 6.07) is 6.72. The van der Waals surface area contributed by atoms with E-state index in [1.807, 2.05) is 45.0 Å². The summed E-state index contributed by atoms with van der Waals surface area (Å²) in [6.45, 7) is 5.79. The summed E-state index contributed by atoms with van der Waals surface area (Å²) in [5, 5.41) is 3.65. The fraction of sp³-hybridized carbons (Fsp3) is 0.467. The van der Waals surface area contributed by atoms with E-state index in [9.17, 15) is 9.59 Å². The Balaban J connectivity index is 2.83. The average molecular weight is 372 g/mol. The summed E-state index contributed by atoms with van der Waals surface area (Å²) >= 11 is 3.35. The molecule has 0 radical (unpaired) electrons. The van der Waals surface area contributed by atoms with Crippen molar-refractivity contribution in [1.29, 1.82) is 0 Å². The molecule has 6 nitrogen and oxygen atoms in total. The zero-order chi connectivity index (χ0) is 16.9. The van der Waals surface area contributed by atoms with E-state index in [0.29, 0.717) is 0 Å². The van der Waals surface area contributed by atoms with Crippen molar-refractivity contribution in [3.05, 3.63) is 34.3 Å². The van der Waals surface area contributed by atoms with Crippen molar-refractivity contribution in [2.24, 2.45) is 11.3 Å². The highest BCUT2D eigenvalue weighted by molar-refractivity contribution is 9.10. The first-order chi connectivity index (χ1) is 10.1. The summed E-state index contributed by atoms with van der Waals surface area (Å²) in [7, 11) is 1.25. The molecule has 0 heterocycles. The molecule has 0 aliphatic heterocycles. The Kier molecular flexibility index (Phi) is 6.37. The van der Waals surface area contributed by atoms with Crippen LogP contribution in [0.3, 0.4) is 0 Å². The molecule has 3 N–H and O–H groups in total. The average Bonchev–Trinajstić information content (AvgIpc) is 2.44. The molecule has 1 atom stereocenters. The zero-order valence-corrected chi connectivity index (χ0v) is 14.8. The van der Waals surface area contributed by atoms with Crippen molar-refractivity contribution < 1.29 is 14.3 Å². The van der Waals surface area contributed by atoms with Gasteiger partial charge in [-0.25, -0.2) is 10.6 Å². The normalized spacial score (nSPS) is 12.5. The van der Waals surface area contributed by atoms with Gasteiger partial charge in [0.25, 0.3) is 5.91 Å². The summed E-state index contributed by atoms with van der Waals surface area (Å²) in [6.07, 6.45) is -0.662. The molecule has 0 aromatic heterocycles. The van der Waals surface area contributed by atoms with Crippen LogP contribution in [0.2, 0.25) is 0 Å². The quantitative estimate of drug-likeness (QED) is 0.483. The largest absolute Gasteiger partial charge is 0.453 e. The highest BCUT2D eigenvalue weighted by Crippen LogP contribution is 2.21. The predicted octanol–water partition coefficient (Wildman–Crippen LogP) is 2.42. The van der Waals surface area contributed by atoms with Crippen LogP contribution in [0.15, 0.2) is 28.7 Å². The van der Waals surface area contributed by atoms with Crippen molar-refractivity contribution in [3.8, 4) is 0 Å². The van der Waals surface area contributed by atoms with E-state index in [4.69, 9.17) is 5.84 Å². The molecule has 22 heavy (non-hydrogen) atoms. The predicted molar refractivity (Wildman–Crippen MR) is 87.7 cm³/mol. The highest BCUT2D eigenvalue weighted by Gasteiger charge is 2.35. The number of nitrogens with two attached hydrogens (primary N) is 1. The Morgan fingerprint density at radius 1 is 1.32 bits per heavy atom. The summed E-state index contributed by atoms with van der Waals surface area (Å²) in [4.78, 5) is 24.0. The number of amides is 2. The number of nitrogens with one attached hydrogen (secondary N) is 1. The van der Waals surface area contributed by atoms with Gasteiger partial charge in [-0.15, -0.1) is 0 Å². The molecule has 1 aromatic rings. The maximum Gasteiger partial charge on any atom is 0.407 e. The van der Waals surface area contributed by atoms with E-state index in [1.165, 1.54) is 7.11 Å². The molecule has 1 rings (SSSR count). The van der Waals surface area contributed by atoms with Crippen LogP contribution in [0.1, 0.15) is 26.3 Å². The van der Waals surface area contributed by atoms with Crippen LogP contribution < -0.4 is 11.2 Å². The fourth-order valence-corrected chi connectivity index (χ4v) is 2.12. The van der Waals surface area contributed by atoms with Crippen molar-refractivity contribution in [2.45, 2.75) is 33.4 Å². The standard InChI is InChI=1S/C15H22BrN3O3/c1-15(2,3)12(18-14(21)22-4)13(20)19(17)9-10-5-7-11(16)8-6-10/h5-8,12H,9,17H2,1-4H3,(H,18,21)/t12-/m1/s1. The SMILES string of the molecule is COC(=O)N[C@H](C(=O)N(N)Cc1ccc(Br)cc1)C(C)(C)C. The van der Waals surface area contributed by atoms with Crippen LogP contribution in [0.25, 0.3) is 0 Å². The van der Waals surface area contributed by atoms with Crippen LogP contribution in [0, 0.1) is 5.41 Å². The minimum atomic E-state index is -0.777. The number of nitrogens with zero attached hydrogens (tertiary/aromatic N) is 1. The van der Waals surface area contributed by atoms with Gasteiger partial charge >= 0.3 is 6.09 Å². The lowest BCUT2D eigenvalue weighted by molar-refractivity contribution is -0.136. The lowest BCUT2D eigenvalue weighted by atomic mass is 9.86. The molecular formula is C15H22BrN3O3. The number of hydrogen-bond donors (Lipinski definition) is 2. The lowest BCUT2D eigenvalue weighted by Gasteiger charge is -2.32. The zero-order valence-electron chi connectivity index (χ0n) is 13.2. The van der Waals surface area contributed by atoms with Gasteiger partial charge in [0.05, 0.1) is 13.7 Å². The number of carbonyl (C=O) groups excluding carboxylic acids is 2. The van der Waals surface area contributed by atoms with Crippen LogP contribution >= 0.6 is 15.9 Å². The number of alkyl carbamates (subject to hydrolysis) is 1. The molecule has 0 unspecified atom stereocenters. The van der Waals surface area contributed by atoms with Crippen molar-refractivity contribution in [3.63, 3.8) is 0 Å². The molecule has 0 aliphatic carbocycles. The molecule has 2 amide bonds. The Bertz CT molecular complexity index is 526. The van der Waals surface area contributed by atoms with Gasteiger partial charge in [0.15, 0.2) is 0 Å². The van der Waals surface area contributed by atoms with Gasteiger partial charge in [0.2, 0.25) is 0 Å². The van der Waals surface area contributed by atoms with E-state index in [0.717, 1.165) is 15.0 Å². The van der Waals surface area contributed by atoms with Crippen LogP contribution in [-0.4, -0.2) is 30.2 Å². The lowest BCUT2D eigenvalue weighted by Crippen LogP contribution is -2.56. The number of rotatable bonds is 4. The Morgan fingerprint density at radius 3 is 2.32 bits per heavy atom. The third kappa shape index (κ3) is 5.31. The maximum absolute atomic E-state index is 12.5. The summed E-state index contributed by atoms with van der Waals surface area (Å²) in [5.41, 5.74) is 0.396. The van der Waals surface area contributed by atoms with Gasteiger partial charge in [-0.1, -0.05) is 48.8 Å². The molecule has 0 bridgehead atoms. The maximum atomic E-state index is 12.5. The molecule has 0 aliphatic rings. The number of carbonyl (C=O) groups is 2. The molecule has 7 heteroatoms. The minimum absolute atomic E-state index is 0.252. The first-order valence-electron chi connectivity index (χ1n) is 6.80. The number of ether oxygens (including phenoxy) is 1. The van der Waals surface area contributed by atoms with Gasteiger partial charge in [-0.05, 0) is 23.1 Å². The van der Waals surface area contributed by atoms with Gasteiger partial charge in [0.1, 0.15) is 6.04 Å². The molecular weight excluding hydrogens is 350 g/mol. The monoisotopic (exact) mass is 371 g/mol. The molecule has 122 valence electrons. The van der Waals surface area contributed by atoms with Crippen molar-refractivity contribution >= 4 is 27.9 Å². The third-order valence-electron chi connectivity index (χ3n) is 3.11. The third-order valence-corrected chi connectivity index (χ3v) is 3.64. The molecule has 0 spiro atoms. The van der Waals surface area contributed by atoms with Crippen molar-refractivity contribution in [1.82, 2.24) is 10.3 Å². The number of halogens is 1. The fourth-order valence-electron chi connectivity index (χ4n) is 1.86. The summed E-state index contributed by atoms with van der Waals surface area (Å²) < 4.78 is 5.52. The molecule has 1 aromatic carbocycles. The van der Waals surface area contributed by atoms with Gasteiger partial charge in [-0.3, -0.25) is 9.80 Å². The highest BCUT2D eigenvalue weighted by atomic mass is 79.9. The first-order valence-corrected chi connectivity index (χ1v) is 7.59. The van der Waals surface area contributed by atoms with E-state index >= 15 is 0 Å². The van der Waals surface area contributed by atoms with Gasteiger partial charge in [0, 0.05) is 4.47 Å². The van der Waals surface area contributed by atoms with E-state index in [1.54, 1.807) is 0 Å². The van der Waals surface area contributed by atoms with Crippen LogP contribution in [0.5, 0.6) is 0 Å². The molecule has 0 fully saturated rings. The first kappa shape index (κ1) is 18.4. The van der Waals surface area contributed by atoms with Crippen LogP contribution in [0.4, 0.5) is 4.79 Å². The Hall–Kier alpha value is -1.60. The number of hydrazine groups is 1. The Morgan fingerprint density at radius 2 is 1.86 bits per heavy atom. The number of benzene rings is 1. The number of methoxy groups -OCH3 is 1. The second kappa shape index (κ2) is 7.60. The molecule has 0 saturated heterocycles. The van der Waals surface area contributed by atoms with Gasteiger partial charge in [-0.2, -0.15) is 0 Å². The minimum Gasteiger partial charge on any atom is -0.453 e. The smallest absolute Gasteiger partial charge is 0.407 e. The topological polar surface area (TPSA) is 84.7 Å². The van der Waals surface area contributed by atoms with Gasteiger partial charge < -0.3 is 10.1 Å². The Labute approximate surface area is 139 Å². The number of hydrogen-bond acceptors (Lipinski definition) is 4. The van der Waals surface area contributed by atoms with E-state index in [-0.39, 0.29) is 12.5 Å².